The predicted molar refractivity (Wildman–Crippen MR) is 79.5 cm³/mol. The lowest BCUT2D eigenvalue weighted by atomic mass is 10.0. The molecule has 0 aliphatic heterocycles. The topological polar surface area (TPSA) is 65.7 Å². The van der Waals surface area contributed by atoms with Gasteiger partial charge in [-0.15, -0.1) is 0 Å². The molecule has 0 saturated carbocycles. The molecule has 1 atom stereocenters. The van der Waals surface area contributed by atoms with Crippen LogP contribution in [0.3, 0.4) is 0 Å². The van der Waals surface area contributed by atoms with Crippen LogP contribution in [-0.4, -0.2) is 25.2 Å². The molecule has 1 aliphatic carbocycles. The summed E-state index contributed by atoms with van der Waals surface area (Å²) in [4.78, 5) is 23.2. The molecule has 0 spiro atoms. The second-order valence-corrected chi connectivity index (χ2v) is 5.56. The Morgan fingerprint density at radius 1 is 1.27 bits per heavy atom. The normalized spacial score (nSPS) is 14.6. The van der Waals surface area contributed by atoms with E-state index >= 15 is 0 Å². The Hall–Kier alpha value is -2.30. The zero-order valence-corrected chi connectivity index (χ0v) is 12.7. The van der Waals surface area contributed by atoms with E-state index in [2.05, 4.69) is 16.9 Å². The Morgan fingerprint density at radius 3 is 2.73 bits per heavy atom. The van der Waals surface area contributed by atoms with E-state index in [0.717, 1.165) is 35.8 Å². The van der Waals surface area contributed by atoms with Crippen LogP contribution in [0, 0.1) is 0 Å². The van der Waals surface area contributed by atoms with E-state index in [1.165, 1.54) is 25.2 Å². The first kappa shape index (κ1) is 14.6. The Balaban J connectivity index is 1.77. The number of carbonyl (C=O) groups excluding carboxylic acids is 2. The van der Waals surface area contributed by atoms with Crippen LogP contribution in [0.15, 0.2) is 22.8 Å². The molecule has 3 rings (SSSR count). The molecule has 1 heterocycles. The van der Waals surface area contributed by atoms with Crippen LogP contribution < -0.4 is 0 Å². The van der Waals surface area contributed by atoms with E-state index < -0.39 is 18.0 Å². The molecule has 22 heavy (non-hydrogen) atoms. The minimum atomic E-state index is -0.903. The van der Waals surface area contributed by atoms with Crippen LogP contribution >= 0.6 is 0 Å². The molecule has 0 N–H and O–H groups in total. The monoisotopic (exact) mass is 302 g/mol. The summed E-state index contributed by atoms with van der Waals surface area (Å²) in [6, 6.07) is 4.16. The quantitative estimate of drug-likeness (QED) is 0.812. The maximum absolute atomic E-state index is 11.9. The minimum Gasteiger partial charge on any atom is -0.466 e. The van der Waals surface area contributed by atoms with Gasteiger partial charge in [-0.3, -0.25) is 4.79 Å². The van der Waals surface area contributed by atoms with Gasteiger partial charge in [0.1, 0.15) is 5.58 Å². The highest BCUT2D eigenvalue weighted by atomic mass is 16.6. The third-order valence-electron chi connectivity index (χ3n) is 4.04. The fourth-order valence-corrected chi connectivity index (χ4v) is 2.89. The maximum atomic E-state index is 11.9. The summed E-state index contributed by atoms with van der Waals surface area (Å²) in [6.07, 6.45) is 4.08. The first-order valence-electron chi connectivity index (χ1n) is 7.37. The van der Waals surface area contributed by atoms with E-state index in [9.17, 15) is 9.59 Å². The molecule has 116 valence electrons. The van der Waals surface area contributed by atoms with E-state index in [1.54, 1.807) is 6.26 Å². The van der Waals surface area contributed by atoms with E-state index in [1.807, 2.05) is 0 Å². The molecule has 5 nitrogen and oxygen atoms in total. The highest BCUT2D eigenvalue weighted by Crippen LogP contribution is 2.30. The number of hydrogen-bond acceptors (Lipinski definition) is 5. The van der Waals surface area contributed by atoms with Crippen LogP contribution in [0.5, 0.6) is 0 Å². The summed E-state index contributed by atoms with van der Waals surface area (Å²) in [5, 5.41) is 0.948. The minimum absolute atomic E-state index is 0.0765. The summed E-state index contributed by atoms with van der Waals surface area (Å²) >= 11 is 0. The van der Waals surface area contributed by atoms with E-state index in [-0.39, 0.29) is 6.42 Å². The molecular formula is C17H18O5. The fourth-order valence-electron chi connectivity index (χ4n) is 2.89. The van der Waals surface area contributed by atoms with Crippen molar-refractivity contribution < 1.29 is 23.5 Å². The van der Waals surface area contributed by atoms with Gasteiger partial charge in [-0.1, -0.05) is 0 Å². The lowest BCUT2D eigenvalue weighted by Crippen LogP contribution is -2.26. The molecule has 1 aliphatic rings. The lowest BCUT2D eigenvalue weighted by molar-refractivity contribution is -0.164. The number of carbonyl (C=O) groups is 2. The van der Waals surface area contributed by atoms with Crippen molar-refractivity contribution in [1.29, 1.82) is 0 Å². The molecule has 0 fully saturated rings. The first-order chi connectivity index (χ1) is 10.6. The van der Waals surface area contributed by atoms with Crippen molar-refractivity contribution in [3.63, 3.8) is 0 Å². The van der Waals surface area contributed by atoms with Crippen molar-refractivity contribution in [3.05, 3.63) is 35.1 Å². The second-order valence-electron chi connectivity index (χ2n) is 5.56. The van der Waals surface area contributed by atoms with Crippen molar-refractivity contribution in [3.8, 4) is 0 Å². The van der Waals surface area contributed by atoms with Gasteiger partial charge in [-0.05, 0) is 49.4 Å². The number of rotatable bonds is 4. The number of furan rings is 1. The van der Waals surface area contributed by atoms with Crippen molar-refractivity contribution >= 4 is 22.9 Å². The molecule has 0 saturated heterocycles. The Morgan fingerprint density at radius 2 is 2.00 bits per heavy atom. The smallest absolute Gasteiger partial charge is 0.346 e. The van der Waals surface area contributed by atoms with Gasteiger partial charge < -0.3 is 13.9 Å². The van der Waals surface area contributed by atoms with Crippen LogP contribution in [0.1, 0.15) is 30.0 Å². The number of esters is 2. The van der Waals surface area contributed by atoms with Crippen LogP contribution in [0.25, 0.3) is 11.0 Å². The van der Waals surface area contributed by atoms with Gasteiger partial charge in [0.15, 0.2) is 6.10 Å². The predicted octanol–water partition coefficient (Wildman–Crippen LogP) is 2.57. The average molecular weight is 302 g/mol. The Kier molecular flexibility index (Phi) is 3.88. The van der Waals surface area contributed by atoms with Crippen molar-refractivity contribution in [2.45, 2.75) is 38.7 Å². The highest BCUT2D eigenvalue weighted by molar-refractivity contribution is 5.88. The largest absolute Gasteiger partial charge is 0.466 e. The highest BCUT2D eigenvalue weighted by Gasteiger charge is 2.21. The number of fused-ring (bicyclic) bond motifs is 2. The number of aryl methyl sites for hydroxylation is 2. The van der Waals surface area contributed by atoms with Gasteiger partial charge in [-0.2, -0.15) is 0 Å². The van der Waals surface area contributed by atoms with Gasteiger partial charge in [0.05, 0.1) is 19.8 Å². The average Bonchev–Trinajstić information content (AvgIpc) is 3.10. The van der Waals surface area contributed by atoms with E-state index in [4.69, 9.17) is 9.15 Å². The van der Waals surface area contributed by atoms with Crippen molar-refractivity contribution in [2.24, 2.45) is 0 Å². The van der Waals surface area contributed by atoms with E-state index in [0.29, 0.717) is 0 Å². The summed E-state index contributed by atoms with van der Waals surface area (Å²) in [5.74, 6) is -1.04. The zero-order valence-electron chi connectivity index (χ0n) is 12.7. The number of benzene rings is 1. The third-order valence-corrected chi connectivity index (χ3v) is 4.04. The second kappa shape index (κ2) is 5.83. The molecule has 0 unspecified atom stereocenters. The first-order valence-corrected chi connectivity index (χ1v) is 7.37. The lowest BCUT2D eigenvalue weighted by Gasteiger charge is -2.10. The number of hydrogen-bond donors (Lipinski definition) is 0. The Bertz CT molecular complexity index is 728. The van der Waals surface area contributed by atoms with Crippen LogP contribution in [0.4, 0.5) is 0 Å². The van der Waals surface area contributed by atoms with Gasteiger partial charge in [0.25, 0.3) is 0 Å². The standard InChI is InChI=1S/C17H18O5/c1-10(17(19)20-2)22-16(18)8-13-9-21-15-7-12-5-3-4-11(12)6-14(13)15/h6-7,9-10H,3-5,8H2,1-2H3/t10-/m0/s1. The molecule has 1 aromatic carbocycles. The van der Waals surface area contributed by atoms with Gasteiger partial charge in [0, 0.05) is 10.9 Å². The summed E-state index contributed by atoms with van der Waals surface area (Å²) in [7, 11) is 1.26. The third kappa shape index (κ3) is 2.71. The fraction of sp³-hybridized carbons (Fsp3) is 0.412. The molecule has 1 aromatic heterocycles. The van der Waals surface area contributed by atoms with Gasteiger partial charge in [-0.25, -0.2) is 4.79 Å². The van der Waals surface area contributed by atoms with Gasteiger partial charge >= 0.3 is 11.9 Å². The van der Waals surface area contributed by atoms with Crippen LogP contribution in [0.2, 0.25) is 0 Å². The Labute approximate surface area is 128 Å². The zero-order chi connectivity index (χ0) is 15.7. The summed E-state index contributed by atoms with van der Waals surface area (Å²) < 4.78 is 15.1. The van der Waals surface area contributed by atoms with Crippen LogP contribution in [-0.2, 0) is 38.3 Å². The number of methoxy groups -OCH3 is 1. The SMILES string of the molecule is COC(=O)[C@H](C)OC(=O)Cc1coc2cc3c(cc12)CCC3. The molecule has 2 aromatic rings. The van der Waals surface area contributed by atoms with Crippen molar-refractivity contribution in [2.75, 3.05) is 7.11 Å². The summed E-state index contributed by atoms with van der Waals surface area (Å²) in [6.45, 7) is 1.49. The van der Waals surface area contributed by atoms with Crippen molar-refractivity contribution in [1.82, 2.24) is 0 Å². The summed E-state index contributed by atoms with van der Waals surface area (Å²) in [5.41, 5.74) is 4.23. The molecule has 0 bridgehead atoms. The molecule has 0 radical (unpaired) electrons. The molecule has 5 heteroatoms. The number of ether oxygens (including phenoxy) is 2. The van der Waals surface area contributed by atoms with Gasteiger partial charge in [0.2, 0.25) is 0 Å². The molecule has 0 amide bonds. The maximum Gasteiger partial charge on any atom is 0.346 e. The molecular weight excluding hydrogens is 284 g/mol.